The standard InChI is InChI=1S/C12H20O3/c13-12(14)8-9-6-7-15-11-5-3-1-2-4-10(9)11/h9-11H,1-8H2,(H,13,14). The Morgan fingerprint density at radius 2 is 2.00 bits per heavy atom. The number of hydrogen-bond acceptors (Lipinski definition) is 2. The fourth-order valence-corrected chi connectivity index (χ4v) is 3.11. The van der Waals surface area contributed by atoms with Crippen LogP contribution in [0.1, 0.15) is 44.9 Å². The molecule has 1 N–H and O–H groups in total. The molecule has 2 aliphatic rings. The molecule has 3 nitrogen and oxygen atoms in total. The van der Waals surface area contributed by atoms with Crippen molar-refractivity contribution < 1.29 is 14.6 Å². The average Bonchev–Trinajstić information content (AvgIpc) is 2.42. The summed E-state index contributed by atoms with van der Waals surface area (Å²) in [6.45, 7) is 0.763. The van der Waals surface area contributed by atoms with E-state index >= 15 is 0 Å². The second-order valence-electron chi connectivity index (χ2n) is 4.86. The molecule has 0 spiro atoms. The van der Waals surface area contributed by atoms with Gasteiger partial charge in [0.05, 0.1) is 6.10 Å². The minimum absolute atomic E-state index is 0.338. The normalized spacial score (nSPS) is 36.7. The summed E-state index contributed by atoms with van der Waals surface area (Å²) >= 11 is 0. The summed E-state index contributed by atoms with van der Waals surface area (Å²) in [4.78, 5) is 10.8. The molecule has 1 saturated carbocycles. The van der Waals surface area contributed by atoms with Gasteiger partial charge >= 0.3 is 5.97 Å². The summed E-state index contributed by atoms with van der Waals surface area (Å²) in [6, 6.07) is 0. The van der Waals surface area contributed by atoms with Crippen LogP contribution in [-0.2, 0) is 9.53 Å². The topological polar surface area (TPSA) is 46.5 Å². The Morgan fingerprint density at radius 1 is 1.20 bits per heavy atom. The maximum absolute atomic E-state index is 10.8. The van der Waals surface area contributed by atoms with Crippen molar-refractivity contribution in [3.05, 3.63) is 0 Å². The molecule has 15 heavy (non-hydrogen) atoms. The molecule has 2 fully saturated rings. The van der Waals surface area contributed by atoms with Gasteiger partial charge in [-0.1, -0.05) is 19.3 Å². The number of rotatable bonds is 2. The van der Waals surface area contributed by atoms with Gasteiger partial charge < -0.3 is 9.84 Å². The second-order valence-corrected chi connectivity index (χ2v) is 4.86. The highest BCUT2D eigenvalue weighted by atomic mass is 16.5. The zero-order valence-corrected chi connectivity index (χ0v) is 9.15. The number of carboxylic acids is 1. The van der Waals surface area contributed by atoms with Crippen molar-refractivity contribution in [2.75, 3.05) is 6.61 Å². The van der Waals surface area contributed by atoms with E-state index in [-0.39, 0.29) is 0 Å². The lowest BCUT2D eigenvalue weighted by Gasteiger charge is -2.36. The number of aliphatic carboxylic acids is 1. The third kappa shape index (κ3) is 2.71. The van der Waals surface area contributed by atoms with Gasteiger partial charge in [-0.3, -0.25) is 4.79 Å². The van der Waals surface area contributed by atoms with Gasteiger partial charge in [0.1, 0.15) is 0 Å². The van der Waals surface area contributed by atoms with Crippen molar-refractivity contribution in [2.24, 2.45) is 11.8 Å². The fraction of sp³-hybridized carbons (Fsp3) is 0.917. The van der Waals surface area contributed by atoms with E-state index in [0.29, 0.717) is 24.4 Å². The molecule has 3 atom stereocenters. The quantitative estimate of drug-likeness (QED) is 0.764. The SMILES string of the molecule is O=C(O)CC1CCOC2CCCCCC12. The third-order valence-electron chi connectivity index (χ3n) is 3.87. The highest BCUT2D eigenvalue weighted by Crippen LogP contribution is 2.37. The molecule has 1 aliphatic carbocycles. The minimum Gasteiger partial charge on any atom is -0.481 e. The monoisotopic (exact) mass is 212 g/mol. The highest BCUT2D eigenvalue weighted by Gasteiger charge is 2.35. The highest BCUT2D eigenvalue weighted by molar-refractivity contribution is 5.67. The molecule has 3 unspecified atom stereocenters. The molecule has 1 heterocycles. The van der Waals surface area contributed by atoms with Gasteiger partial charge in [-0.2, -0.15) is 0 Å². The summed E-state index contributed by atoms with van der Waals surface area (Å²) in [5.41, 5.74) is 0. The molecule has 2 rings (SSSR count). The smallest absolute Gasteiger partial charge is 0.303 e. The van der Waals surface area contributed by atoms with E-state index in [0.717, 1.165) is 19.4 Å². The first-order valence-corrected chi connectivity index (χ1v) is 6.11. The molecule has 1 saturated heterocycles. The van der Waals surface area contributed by atoms with E-state index in [1.54, 1.807) is 0 Å². The first kappa shape index (κ1) is 10.9. The van der Waals surface area contributed by atoms with Gasteiger partial charge in [0.2, 0.25) is 0 Å². The zero-order chi connectivity index (χ0) is 10.7. The van der Waals surface area contributed by atoms with Gasteiger partial charge in [0, 0.05) is 13.0 Å². The van der Waals surface area contributed by atoms with Crippen LogP contribution in [0.2, 0.25) is 0 Å². The van der Waals surface area contributed by atoms with Crippen LogP contribution in [0.4, 0.5) is 0 Å². The van der Waals surface area contributed by atoms with Crippen LogP contribution in [0.15, 0.2) is 0 Å². The van der Waals surface area contributed by atoms with Gasteiger partial charge in [-0.15, -0.1) is 0 Å². The molecule has 0 aromatic carbocycles. The molecular formula is C12H20O3. The molecule has 0 aromatic rings. The molecule has 1 aliphatic heterocycles. The molecule has 0 amide bonds. The lowest BCUT2D eigenvalue weighted by Crippen LogP contribution is -2.36. The third-order valence-corrected chi connectivity index (χ3v) is 3.87. The van der Waals surface area contributed by atoms with Crippen molar-refractivity contribution >= 4 is 5.97 Å². The predicted molar refractivity (Wildman–Crippen MR) is 56.7 cm³/mol. The van der Waals surface area contributed by atoms with Gasteiger partial charge in [0.15, 0.2) is 0 Å². The van der Waals surface area contributed by atoms with Crippen molar-refractivity contribution in [3.63, 3.8) is 0 Å². The summed E-state index contributed by atoms with van der Waals surface area (Å²) in [6.07, 6.45) is 7.73. The van der Waals surface area contributed by atoms with E-state index in [2.05, 4.69) is 0 Å². The van der Waals surface area contributed by atoms with E-state index in [1.807, 2.05) is 0 Å². The van der Waals surface area contributed by atoms with Crippen molar-refractivity contribution in [1.82, 2.24) is 0 Å². The Labute approximate surface area is 90.8 Å². The van der Waals surface area contributed by atoms with Crippen LogP contribution in [0.3, 0.4) is 0 Å². The molecule has 0 bridgehead atoms. The maximum Gasteiger partial charge on any atom is 0.303 e. The summed E-state index contributed by atoms with van der Waals surface area (Å²) in [5, 5.41) is 8.89. The van der Waals surface area contributed by atoms with Crippen molar-refractivity contribution in [1.29, 1.82) is 0 Å². The van der Waals surface area contributed by atoms with Crippen LogP contribution < -0.4 is 0 Å². The first-order chi connectivity index (χ1) is 7.27. The lowest BCUT2D eigenvalue weighted by molar-refractivity contribution is -0.141. The van der Waals surface area contributed by atoms with Crippen molar-refractivity contribution in [3.8, 4) is 0 Å². The Morgan fingerprint density at radius 3 is 2.80 bits per heavy atom. The van der Waals surface area contributed by atoms with Crippen LogP contribution in [-0.4, -0.2) is 23.8 Å². The van der Waals surface area contributed by atoms with E-state index in [4.69, 9.17) is 9.84 Å². The van der Waals surface area contributed by atoms with Crippen LogP contribution in [0, 0.1) is 11.8 Å². The largest absolute Gasteiger partial charge is 0.481 e. The van der Waals surface area contributed by atoms with Gasteiger partial charge in [-0.25, -0.2) is 0 Å². The summed E-state index contributed by atoms with van der Waals surface area (Å²) < 4.78 is 5.78. The summed E-state index contributed by atoms with van der Waals surface area (Å²) in [5.74, 6) is 0.224. The van der Waals surface area contributed by atoms with Crippen molar-refractivity contribution in [2.45, 2.75) is 51.0 Å². The molecular weight excluding hydrogens is 192 g/mol. The van der Waals surface area contributed by atoms with Crippen LogP contribution in [0.25, 0.3) is 0 Å². The Hall–Kier alpha value is -0.570. The number of carbonyl (C=O) groups is 1. The number of fused-ring (bicyclic) bond motifs is 1. The Kier molecular flexibility index (Phi) is 3.62. The van der Waals surface area contributed by atoms with E-state index in [1.165, 1.54) is 25.7 Å². The van der Waals surface area contributed by atoms with Crippen LogP contribution >= 0.6 is 0 Å². The van der Waals surface area contributed by atoms with E-state index in [9.17, 15) is 4.79 Å². The van der Waals surface area contributed by atoms with E-state index < -0.39 is 5.97 Å². The average molecular weight is 212 g/mol. The molecule has 0 radical (unpaired) electrons. The number of hydrogen-bond donors (Lipinski definition) is 1. The van der Waals surface area contributed by atoms with Gasteiger partial charge in [0.25, 0.3) is 0 Å². The minimum atomic E-state index is -0.648. The zero-order valence-electron chi connectivity index (χ0n) is 9.15. The van der Waals surface area contributed by atoms with Crippen LogP contribution in [0.5, 0.6) is 0 Å². The maximum atomic E-state index is 10.8. The lowest BCUT2D eigenvalue weighted by atomic mass is 9.78. The molecule has 3 heteroatoms. The second kappa shape index (κ2) is 4.97. The number of carboxylic acid groups (broad SMARTS) is 1. The predicted octanol–water partition coefficient (Wildman–Crippen LogP) is 2.45. The molecule has 86 valence electrons. The Balaban J connectivity index is 2.00. The molecule has 0 aromatic heterocycles. The fourth-order valence-electron chi connectivity index (χ4n) is 3.11. The first-order valence-electron chi connectivity index (χ1n) is 6.11. The Bertz CT molecular complexity index is 227. The van der Waals surface area contributed by atoms with Gasteiger partial charge in [-0.05, 0) is 31.1 Å². The number of ether oxygens (including phenoxy) is 1. The summed E-state index contributed by atoms with van der Waals surface area (Å²) in [7, 11) is 0.